The van der Waals surface area contributed by atoms with Crippen LogP contribution in [0.5, 0.6) is 0 Å². The van der Waals surface area contributed by atoms with Gasteiger partial charge in [-0.2, -0.15) is 0 Å². The highest BCUT2D eigenvalue weighted by atomic mass is 16.2. The highest BCUT2D eigenvalue weighted by Crippen LogP contribution is 2.37. The quantitative estimate of drug-likeness (QED) is 0.846. The fraction of sp³-hybridized carbons (Fsp3) is 0.875. The van der Waals surface area contributed by atoms with E-state index in [-0.39, 0.29) is 18.0 Å². The molecular formula is C16H27N3O2. The fourth-order valence-electron chi connectivity index (χ4n) is 3.96. The van der Waals surface area contributed by atoms with E-state index in [2.05, 4.69) is 10.2 Å². The van der Waals surface area contributed by atoms with Crippen LogP contribution in [0.3, 0.4) is 0 Å². The first-order valence-electron chi connectivity index (χ1n) is 8.48. The predicted octanol–water partition coefficient (Wildman–Crippen LogP) is 1.97. The smallest absolute Gasteiger partial charge is 0.317 e. The molecule has 2 heterocycles. The number of carbonyl (C=O) groups is 2. The monoisotopic (exact) mass is 293 g/mol. The summed E-state index contributed by atoms with van der Waals surface area (Å²) in [6, 6.07) is 0.845. The van der Waals surface area contributed by atoms with E-state index in [1.807, 2.05) is 4.90 Å². The summed E-state index contributed by atoms with van der Waals surface area (Å²) >= 11 is 0. The van der Waals surface area contributed by atoms with Crippen LogP contribution in [0, 0.1) is 5.92 Å². The van der Waals surface area contributed by atoms with Crippen molar-refractivity contribution in [1.29, 1.82) is 0 Å². The van der Waals surface area contributed by atoms with Crippen molar-refractivity contribution in [3.63, 3.8) is 0 Å². The second-order valence-corrected chi connectivity index (χ2v) is 6.82. The molecule has 1 saturated carbocycles. The van der Waals surface area contributed by atoms with E-state index < -0.39 is 0 Å². The Labute approximate surface area is 127 Å². The van der Waals surface area contributed by atoms with E-state index >= 15 is 0 Å². The van der Waals surface area contributed by atoms with E-state index in [1.54, 1.807) is 6.92 Å². The van der Waals surface area contributed by atoms with Crippen LogP contribution in [0.25, 0.3) is 0 Å². The minimum Gasteiger partial charge on any atom is -0.343 e. The predicted molar refractivity (Wildman–Crippen MR) is 80.9 cm³/mol. The molecule has 3 amide bonds. The van der Waals surface area contributed by atoms with Gasteiger partial charge in [0.15, 0.2) is 0 Å². The van der Waals surface area contributed by atoms with Gasteiger partial charge in [0.2, 0.25) is 5.91 Å². The zero-order valence-electron chi connectivity index (χ0n) is 13.0. The van der Waals surface area contributed by atoms with Gasteiger partial charge in [-0.15, -0.1) is 0 Å². The molecule has 21 heavy (non-hydrogen) atoms. The number of amides is 3. The van der Waals surface area contributed by atoms with Gasteiger partial charge in [-0.05, 0) is 44.4 Å². The van der Waals surface area contributed by atoms with Gasteiger partial charge in [-0.3, -0.25) is 4.79 Å². The summed E-state index contributed by atoms with van der Waals surface area (Å²) in [5, 5.41) is 3.20. The number of carbonyl (C=O) groups excluding carboxylic acids is 2. The molecule has 0 aromatic carbocycles. The van der Waals surface area contributed by atoms with Crippen LogP contribution >= 0.6 is 0 Å². The van der Waals surface area contributed by atoms with Crippen LogP contribution in [-0.4, -0.2) is 53.5 Å². The average Bonchev–Trinajstić information content (AvgIpc) is 2.86. The molecule has 1 N–H and O–H groups in total. The molecule has 3 fully saturated rings. The molecule has 1 unspecified atom stereocenters. The maximum absolute atomic E-state index is 12.5. The van der Waals surface area contributed by atoms with Crippen molar-refractivity contribution in [3.05, 3.63) is 0 Å². The van der Waals surface area contributed by atoms with E-state index in [1.165, 1.54) is 25.7 Å². The highest BCUT2D eigenvalue weighted by molar-refractivity contribution is 5.75. The van der Waals surface area contributed by atoms with Gasteiger partial charge in [-0.1, -0.05) is 6.42 Å². The molecule has 2 aliphatic heterocycles. The number of nitrogens with zero attached hydrogens (tertiary/aromatic N) is 2. The van der Waals surface area contributed by atoms with Crippen LogP contribution in [0.4, 0.5) is 4.79 Å². The normalized spacial score (nSPS) is 27.6. The summed E-state index contributed by atoms with van der Waals surface area (Å²) in [5.41, 5.74) is 0. The Balaban J connectivity index is 1.48. The number of likely N-dealkylation sites (tertiary alicyclic amines) is 2. The van der Waals surface area contributed by atoms with Gasteiger partial charge in [0, 0.05) is 38.6 Å². The molecule has 118 valence electrons. The second kappa shape index (κ2) is 6.24. The Morgan fingerprint density at radius 3 is 2.24 bits per heavy atom. The first kappa shape index (κ1) is 14.7. The average molecular weight is 293 g/mol. The summed E-state index contributed by atoms with van der Waals surface area (Å²) in [6.45, 7) is 4.07. The maximum atomic E-state index is 12.5. The highest BCUT2D eigenvalue weighted by Gasteiger charge is 2.37. The van der Waals surface area contributed by atoms with E-state index in [0.717, 1.165) is 44.8 Å². The van der Waals surface area contributed by atoms with Gasteiger partial charge in [0.1, 0.15) is 0 Å². The lowest BCUT2D eigenvalue weighted by molar-refractivity contribution is -0.129. The first-order chi connectivity index (χ1) is 10.1. The van der Waals surface area contributed by atoms with Gasteiger partial charge in [0.05, 0.1) is 0 Å². The lowest BCUT2D eigenvalue weighted by Crippen LogP contribution is -2.52. The molecule has 0 aromatic heterocycles. The standard InChI is InChI=1S/C16H27N3O2/c1-12(20)18-10-7-14(8-11-18)17-16(21)19-9-3-6-15(19)13-4-2-5-13/h13-15H,2-11H2,1H3,(H,17,21). The van der Waals surface area contributed by atoms with Crippen LogP contribution in [0.1, 0.15) is 51.9 Å². The summed E-state index contributed by atoms with van der Waals surface area (Å²) in [7, 11) is 0. The lowest BCUT2D eigenvalue weighted by Gasteiger charge is -2.38. The molecule has 1 atom stereocenters. The largest absolute Gasteiger partial charge is 0.343 e. The minimum absolute atomic E-state index is 0.130. The topological polar surface area (TPSA) is 52.7 Å². The Hall–Kier alpha value is -1.26. The van der Waals surface area contributed by atoms with Gasteiger partial charge >= 0.3 is 6.03 Å². The maximum Gasteiger partial charge on any atom is 0.317 e. The summed E-state index contributed by atoms with van der Waals surface area (Å²) in [4.78, 5) is 27.8. The SMILES string of the molecule is CC(=O)N1CCC(NC(=O)N2CCCC2C2CCC2)CC1. The molecule has 0 bridgehead atoms. The van der Waals surface area contributed by atoms with Crippen molar-refractivity contribution in [1.82, 2.24) is 15.1 Å². The van der Waals surface area contributed by atoms with Gasteiger partial charge in [0.25, 0.3) is 0 Å². The Kier molecular flexibility index (Phi) is 4.36. The molecule has 5 nitrogen and oxygen atoms in total. The summed E-state index contributed by atoms with van der Waals surface area (Å²) < 4.78 is 0. The van der Waals surface area contributed by atoms with Crippen molar-refractivity contribution < 1.29 is 9.59 Å². The van der Waals surface area contributed by atoms with Crippen LogP contribution in [0.2, 0.25) is 0 Å². The lowest BCUT2D eigenvalue weighted by atomic mass is 9.79. The van der Waals surface area contributed by atoms with Crippen LogP contribution < -0.4 is 5.32 Å². The zero-order valence-corrected chi connectivity index (χ0v) is 13.0. The second-order valence-electron chi connectivity index (χ2n) is 6.82. The Morgan fingerprint density at radius 1 is 0.952 bits per heavy atom. The third-order valence-electron chi connectivity index (χ3n) is 5.52. The number of hydrogen-bond acceptors (Lipinski definition) is 2. The molecule has 1 aliphatic carbocycles. The molecule has 0 radical (unpaired) electrons. The number of rotatable bonds is 2. The van der Waals surface area contributed by atoms with Crippen molar-refractivity contribution in [3.8, 4) is 0 Å². The number of urea groups is 1. The summed E-state index contributed by atoms with van der Waals surface area (Å²) in [6.07, 6.45) is 8.02. The van der Waals surface area contributed by atoms with E-state index in [9.17, 15) is 9.59 Å². The van der Waals surface area contributed by atoms with E-state index in [0.29, 0.717) is 6.04 Å². The third-order valence-corrected chi connectivity index (χ3v) is 5.52. The van der Waals surface area contributed by atoms with Crippen molar-refractivity contribution in [2.75, 3.05) is 19.6 Å². The summed E-state index contributed by atoms with van der Waals surface area (Å²) in [5.74, 6) is 0.891. The molecular weight excluding hydrogens is 266 g/mol. The Morgan fingerprint density at radius 2 is 1.67 bits per heavy atom. The zero-order chi connectivity index (χ0) is 14.8. The van der Waals surface area contributed by atoms with Crippen LogP contribution in [-0.2, 0) is 4.79 Å². The van der Waals surface area contributed by atoms with Crippen molar-refractivity contribution >= 4 is 11.9 Å². The molecule has 3 aliphatic rings. The molecule has 0 aromatic rings. The Bertz CT molecular complexity index is 400. The molecule has 5 heteroatoms. The number of hydrogen-bond donors (Lipinski definition) is 1. The van der Waals surface area contributed by atoms with E-state index in [4.69, 9.17) is 0 Å². The van der Waals surface area contributed by atoms with Crippen molar-refractivity contribution in [2.24, 2.45) is 5.92 Å². The molecule has 2 saturated heterocycles. The fourth-order valence-corrected chi connectivity index (χ4v) is 3.96. The number of nitrogens with one attached hydrogen (secondary N) is 1. The van der Waals surface area contributed by atoms with Gasteiger partial charge in [-0.25, -0.2) is 4.79 Å². The third kappa shape index (κ3) is 3.16. The first-order valence-corrected chi connectivity index (χ1v) is 8.48. The van der Waals surface area contributed by atoms with Gasteiger partial charge < -0.3 is 15.1 Å². The molecule has 3 rings (SSSR count). The molecule has 0 spiro atoms. The minimum atomic E-state index is 0.130. The van der Waals surface area contributed by atoms with Crippen molar-refractivity contribution in [2.45, 2.75) is 64.0 Å². The van der Waals surface area contributed by atoms with Crippen LogP contribution in [0.15, 0.2) is 0 Å². The number of piperidine rings is 1.